The number of hydrogen-bond donors (Lipinski definition) is 1. The molecule has 0 aliphatic carbocycles. The lowest BCUT2D eigenvalue weighted by molar-refractivity contribution is -0.153. The van der Waals surface area contributed by atoms with Crippen molar-refractivity contribution in [1.29, 1.82) is 0 Å². The Morgan fingerprint density at radius 3 is 2.64 bits per heavy atom. The van der Waals surface area contributed by atoms with Gasteiger partial charge in [-0.15, -0.1) is 0 Å². The van der Waals surface area contributed by atoms with Gasteiger partial charge in [0.2, 0.25) is 11.8 Å². The van der Waals surface area contributed by atoms with Gasteiger partial charge in [-0.3, -0.25) is 9.59 Å². The average molecular weight is 398 g/mol. The minimum absolute atomic E-state index is 0.0190. The quantitative estimate of drug-likeness (QED) is 0.846. The van der Waals surface area contributed by atoms with Gasteiger partial charge < -0.3 is 14.9 Å². The summed E-state index contributed by atoms with van der Waals surface area (Å²) < 4.78 is 38.6. The third kappa shape index (κ3) is 4.28. The molecule has 2 amide bonds. The fraction of sp³-hybridized carbons (Fsp3) is 0.526. The maximum absolute atomic E-state index is 12.9. The zero-order chi connectivity index (χ0) is 20.5. The molecule has 2 saturated heterocycles. The van der Waals surface area contributed by atoms with Crippen LogP contribution in [0.3, 0.4) is 0 Å². The van der Waals surface area contributed by atoms with Crippen LogP contribution in [0.4, 0.5) is 13.2 Å². The van der Waals surface area contributed by atoms with Crippen LogP contribution in [-0.2, 0) is 27.1 Å². The molecular formula is C19H21F3N2O4. The van der Waals surface area contributed by atoms with Gasteiger partial charge in [0.15, 0.2) is 0 Å². The molecule has 9 heteroatoms. The standard InChI is InChI=1S/C19H21F3N2O4/c20-19(21,22)14-5-3-4-12(8-14)10-23-11-13(9-16(23)25)17(26)24-7-2-1-6-15(24)18(27)28/h3-5,8,13,15H,1-2,6-7,9-11H2,(H,27,28). The largest absolute Gasteiger partial charge is 0.480 e. The number of alkyl halides is 3. The van der Waals surface area contributed by atoms with Crippen molar-refractivity contribution >= 4 is 17.8 Å². The molecule has 2 aliphatic heterocycles. The van der Waals surface area contributed by atoms with Gasteiger partial charge >= 0.3 is 12.1 Å². The van der Waals surface area contributed by atoms with Crippen molar-refractivity contribution < 1.29 is 32.7 Å². The topological polar surface area (TPSA) is 77.9 Å². The summed E-state index contributed by atoms with van der Waals surface area (Å²) in [7, 11) is 0. The van der Waals surface area contributed by atoms with Crippen LogP contribution in [-0.4, -0.2) is 51.8 Å². The Bertz CT molecular complexity index is 781. The van der Waals surface area contributed by atoms with Crippen LogP contribution in [0.15, 0.2) is 24.3 Å². The predicted molar refractivity (Wildman–Crippen MR) is 92.0 cm³/mol. The third-order valence-corrected chi connectivity index (χ3v) is 5.26. The molecule has 3 rings (SSSR count). The number of halogens is 3. The number of benzene rings is 1. The van der Waals surface area contributed by atoms with E-state index in [0.29, 0.717) is 24.9 Å². The number of piperidine rings is 1. The van der Waals surface area contributed by atoms with Gasteiger partial charge in [-0.2, -0.15) is 13.2 Å². The Morgan fingerprint density at radius 1 is 1.21 bits per heavy atom. The molecule has 0 bridgehead atoms. The zero-order valence-electron chi connectivity index (χ0n) is 15.1. The highest BCUT2D eigenvalue weighted by molar-refractivity contribution is 5.91. The number of nitrogens with zero attached hydrogens (tertiary/aromatic N) is 2. The van der Waals surface area contributed by atoms with Crippen molar-refractivity contribution in [3.63, 3.8) is 0 Å². The van der Waals surface area contributed by atoms with Crippen molar-refractivity contribution in [1.82, 2.24) is 9.80 Å². The summed E-state index contributed by atoms with van der Waals surface area (Å²) in [6.07, 6.45) is -2.70. The monoisotopic (exact) mass is 398 g/mol. The number of carbonyl (C=O) groups is 3. The first-order valence-electron chi connectivity index (χ1n) is 9.14. The second kappa shape index (κ2) is 7.81. The molecule has 0 aromatic heterocycles. The van der Waals surface area contributed by atoms with Crippen molar-refractivity contribution in [2.45, 2.75) is 44.4 Å². The first-order valence-corrected chi connectivity index (χ1v) is 9.14. The lowest BCUT2D eigenvalue weighted by Gasteiger charge is -2.34. The van der Waals surface area contributed by atoms with Crippen molar-refractivity contribution in [3.8, 4) is 0 Å². The number of hydrogen-bond acceptors (Lipinski definition) is 3. The van der Waals surface area contributed by atoms with Crippen LogP contribution >= 0.6 is 0 Å². The van der Waals surface area contributed by atoms with Gasteiger partial charge in [-0.05, 0) is 37.0 Å². The first-order chi connectivity index (χ1) is 13.2. The second-order valence-corrected chi connectivity index (χ2v) is 7.25. The number of likely N-dealkylation sites (tertiary alicyclic amines) is 2. The Balaban J connectivity index is 1.68. The molecule has 152 valence electrons. The lowest BCUT2D eigenvalue weighted by atomic mass is 9.98. The van der Waals surface area contributed by atoms with Gasteiger partial charge in [0.05, 0.1) is 11.5 Å². The van der Waals surface area contributed by atoms with Gasteiger partial charge in [0.25, 0.3) is 0 Å². The number of amides is 2. The number of carbonyl (C=O) groups excluding carboxylic acids is 2. The Morgan fingerprint density at radius 2 is 1.96 bits per heavy atom. The number of carboxylic acid groups (broad SMARTS) is 1. The maximum Gasteiger partial charge on any atom is 0.416 e. The predicted octanol–water partition coefficient (Wildman–Crippen LogP) is 2.52. The number of aliphatic carboxylic acids is 1. The molecule has 2 atom stereocenters. The molecular weight excluding hydrogens is 377 g/mol. The molecule has 0 saturated carbocycles. The summed E-state index contributed by atoms with van der Waals surface area (Å²) in [6, 6.07) is 3.86. The van der Waals surface area contributed by atoms with Gasteiger partial charge in [-0.25, -0.2) is 4.79 Å². The summed E-state index contributed by atoms with van der Waals surface area (Å²) in [5, 5.41) is 9.33. The van der Waals surface area contributed by atoms with E-state index in [1.165, 1.54) is 21.9 Å². The van der Waals surface area contributed by atoms with Crippen molar-refractivity contribution in [3.05, 3.63) is 35.4 Å². The lowest BCUT2D eigenvalue weighted by Crippen LogP contribution is -2.50. The van der Waals surface area contributed by atoms with E-state index in [9.17, 15) is 32.7 Å². The number of rotatable bonds is 4. The van der Waals surface area contributed by atoms with E-state index in [2.05, 4.69) is 0 Å². The fourth-order valence-electron chi connectivity index (χ4n) is 3.84. The van der Waals surface area contributed by atoms with Gasteiger partial charge in [-0.1, -0.05) is 12.1 Å². The normalized spacial score (nSPS) is 23.2. The van der Waals surface area contributed by atoms with E-state index in [1.54, 1.807) is 0 Å². The van der Waals surface area contributed by atoms with Crippen LogP contribution < -0.4 is 0 Å². The van der Waals surface area contributed by atoms with E-state index < -0.39 is 29.7 Å². The van der Waals surface area contributed by atoms with E-state index in [0.717, 1.165) is 18.6 Å². The first kappa shape index (κ1) is 20.2. The molecule has 1 aromatic carbocycles. The minimum Gasteiger partial charge on any atom is -0.480 e. The maximum atomic E-state index is 12.9. The highest BCUT2D eigenvalue weighted by Gasteiger charge is 2.41. The van der Waals surface area contributed by atoms with E-state index in [1.807, 2.05) is 0 Å². The van der Waals surface area contributed by atoms with E-state index in [-0.39, 0.29) is 31.3 Å². The Hall–Kier alpha value is -2.58. The highest BCUT2D eigenvalue weighted by Crippen LogP contribution is 2.31. The van der Waals surface area contributed by atoms with Crippen LogP contribution in [0.5, 0.6) is 0 Å². The van der Waals surface area contributed by atoms with Crippen LogP contribution in [0.2, 0.25) is 0 Å². The van der Waals surface area contributed by atoms with Gasteiger partial charge in [0.1, 0.15) is 6.04 Å². The van der Waals surface area contributed by atoms with Crippen LogP contribution in [0.1, 0.15) is 36.8 Å². The van der Waals surface area contributed by atoms with E-state index >= 15 is 0 Å². The van der Waals surface area contributed by atoms with Crippen molar-refractivity contribution in [2.24, 2.45) is 5.92 Å². The smallest absolute Gasteiger partial charge is 0.416 e. The molecule has 0 radical (unpaired) electrons. The molecule has 2 heterocycles. The summed E-state index contributed by atoms with van der Waals surface area (Å²) in [5.41, 5.74) is -0.459. The summed E-state index contributed by atoms with van der Waals surface area (Å²) in [4.78, 5) is 39.2. The molecule has 1 N–H and O–H groups in total. The average Bonchev–Trinajstić information content (AvgIpc) is 3.01. The fourth-order valence-corrected chi connectivity index (χ4v) is 3.84. The summed E-state index contributed by atoms with van der Waals surface area (Å²) in [6.45, 7) is 0.403. The summed E-state index contributed by atoms with van der Waals surface area (Å²) >= 11 is 0. The molecule has 6 nitrogen and oxygen atoms in total. The minimum atomic E-state index is -4.47. The molecule has 2 aliphatic rings. The number of carboxylic acids is 1. The molecule has 28 heavy (non-hydrogen) atoms. The zero-order valence-corrected chi connectivity index (χ0v) is 15.1. The van der Waals surface area contributed by atoms with E-state index in [4.69, 9.17) is 0 Å². The second-order valence-electron chi connectivity index (χ2n) is 7.25. The highest BCUT2D eigenvalue weighted by atomic mass is 19.4. The SMILES string of the molecule is O=C(O)C1CCCCN1C(=O)C1CC(=O)N(Cc2cccc(C(F)(F)F)c2)C1. The van der Waals surface area contributed by atoms with Crippen LogP contribution in [0, 0.1) is 5.92 Å². The summed E-state index contributed by atoms with van der Waals surface area (Å²) in [5.74, 6) is -2.41. The van der Waals surface area contributed by atoms with Crippen molar-refractivity contribution in [2.75, 3.05) is 13.1 Å². The molecule has 2 fully saturated rings. The van der Waals surface area contributed by atoms with Gasteiger partial charge in [0, 0.05) is 26.1 Å². The Labute approximate surface area is 159 Å². The molecule has 1 aromatic rings. The van der Waals surface area contributed by atoms with Crippen LogP contribution in [0.25, 0.3) is 0 Å². The molecule has 0 spiro atoms. The third-order valence-electron chi connectivity index (χ3n) is 5.26. The molecule has 2 unspecified atom stereocenters. The Kier molecular flexibility index (Phi) is 5.62.